The monoisotopic (exact) mass is 237 g/mol. The average molecular weight is 237 g/mol. The number of nitrogens with one attached hydrogen (secondary N) is 1. The third-order valence-corrected chi connectivity index (χ3v) is 3.77. The molecular weight excluding hydrogens is 214 g/mol. The molecule has 0 saturated carbocycles. The fraction of sp³-hybridized carbons (Fsp3) is 1.00. The maximum Gasteiger partial charge on any atom is 0.212 e. The normalized spacial score (nSPS) is 13.5. The number of sulfonamides is 1. The molecule has 0 rings (SSSR count). The molecule has 15 heavy (non-hydrogen) atoms. The molecule has 0 aliphatic carbocycles. The highest BCUT2D eigenvalue weighted by atomic mass is 32.2. The molecule has 92 valence electrons. The van der Waals surface area contributed by atoms with Crippen molar-refractivity contribution in [1.82, 2.24) is 4.72 Å². The van der Waals surface area contributed by atoms with E-state index in [1.807, 2.05) is 13.8 Å². The summed E-state index contributed by atoms with van der Waals surface area (Å²) in [6.07, 6.45) is 1.08. The van der Waals surface area contributed by atoms with Crippen LogP contribution < -0.4 is 4.72 Å². The Morgan fingerprint density at radius 2 is 1.87 bits per heavy atom. The van der Waals surface area contributed by atoms with Gasteiger partial charge in [-0.15, -0.1) is 0 Å². The van der Waals surface area contributed by atoms with Crippen LogP contribution in [0.25, 0.3) is 0 Å². The zero-order valence-corrected chi connectivity index (χ0v) is 10.9. The van der Waals surface area contributed by atoms with Gasteiger partial charge in [0.25, 0.3) is 0 Å². The van der Waals surface area contributed by atoms with Crippen LogP contribution in [0.2, 0.25) is 0 Å². The standard InChI is InChI=1S/C10H23NO3S/c1-9(2)5-8-15(13,14)11-10(3,4)6-7-12/h9,11-12H,5-8H2,1-4H3. The molecule has 0 heterocycles. The molecule has 0 saturated heterocycles. The van der Waals surface area contributed by atoms with Gasteiger partial charge in [-0.2, -0.15) is 0 Å². The molecule has 0 unspecified atom stereocenters. The van der Waals surface area contributed by atoms with Crippen molar-refractivity contribution < 1.29 is 13.5 Å². The predicted octanol–water partition coefficient (Wildman–Crippen LogP) is 1.11. The molecule has 2 N–H and O–H groups in total. The lowest BCUT2D eigenvalue weighted by molar-refractivity contribution is 0.245. The first kappa shape index (κ1) is 14.9. The predicted molar refractivity (Wildman–Crippen MR) is 62.2 cm³/mol. The number of hydrogen-bond acceptors (Lipinski definition) is 3. The highest BCUT2D eigenvalue weighted by Crippen LogP contribution is 2.11. The maximum atomic E-state index is 11.6. The molecule has 0 bridgehead atoms. The summed E-state index contributed by atoms with van der Waals surface area (Å²) >= 11 is 0. The lowest BCUT2D eigenvalue weighted by atomic mass is 10.0. The molecule has 0 aromatic heterocycles. The Hall–Kier alpha value is -0.130. The van der Waals surface area contributed by atoms with Crippen LogP contribution in [0.15, 0.2) is 0 Å². The zero-order valence-electron chi connectivity index (χ0n) is 10.1. The van der Waals surface area contributed by atoms with Crippen LogP contribution >= 0.6 is 0 Å². The van der Waals surface area contributed by atoms with Crippen molar-refractivity contribution in [3.8, 4) is 0 Å². The molecule has 0 aliphatic heterocycles. The van der Waals surface area contributed by atoms with Crippen LogP contribution in [0.1, 0.15) is 40.5 Å². The Bertz CT molecular complexity index is 270. The summed E-state index contributed by atoms with van der Waals surface area (Å²) in [6, 6.07) is 0. The first-order valence-corrected chi connectivity index (χ1v) is 6.96. The number of rotatable bonds is 7. The molecule has 0 radical (unpaired) electrons. The third kappa shape index (κ3) is 7.76. The topological polar surface area (TPSA) is 66.4 Å². The van der Waals surface area contributed by atoms with Crippen LogP contribution in [0.3, 0.4) is 0 Å². The highest BCUT2D eigenvalue weighted by Gasteiger charge is 2.23. The fourth-order valence-corrected chi connectivity index (χ4v) is 3.02. The zero-order chi connectivity index (χ0) is 12.1. The van der Waals surface area contributed by atoms with E-state index in [2.05, 4.69) is 4.72 Å². The fourth-order valence-electron chi connectivity index (χ4n) is 1.19. The first-order valence-electron chi connectivity index (χ1n) is 5.31. The van der Waals surface area contributed by atoms with Crippen LogP contribution in [0.5, 0.6) is 0 Å². The quantitative estimate of drug-likeness (QED) is 0.697. The van der Waals surface area contributed by atoms with E-state index in [1.54, 1.807) is 13.8 Å². The van der Waals surface area contributed by atoms with Gasteiger partial charge in [0.1, 0.15) is 0 Å². The first-order chi connectivity index (χ1) is 6.68. The summed E-state index contributed by atoms with van der Waals surface area (Å²) < 4.78 is 25.9. The van der Waals surface area contributed by atoms with Gasteiger partial charge in [0, 0.05) is 12.1 Å². The molecule has 0 aromatic rings. The van der Waals surface area contributed by atoms with Gasteiger partial charge in [-0.1, -0.05) is 13.8 Å². The maximum absolute atomic E-state index is 11.6. The van der Waals surface area contributed by atoms with Gasteiger partial charge in [-0.25, -0.2) is 13.1 Å². The number of hydrogen-bond donors (Lipinski definition) is 2. The van der Waals surface area contributed by atoms with Gasteiger partial charge in [0.15, 0.2) is 0 Å². The lowest BCUT2D eigenvalue weighted by Gasteiger charge is -2.25. The van der Waals surface area contributed by atoms with Crippen LogP contribution in [0, 0.1) is 5.92 Å². The van der Waals surface area contributed by atoms with Crippen molar-refractivity contribution in [1.29, 1.82) is 0 Å². The summed E-state index contributed by atoms with van der Waals surface area (Å²) in [5, 5.41) is 8.78. The molecule has 0 spiro atoms. The summed E-state index contributed by atoms with van der Waals surface area (Å²) in [4.78, 5) is 0. The summed E-state index contributed by atoms with van der Waals surface area (Å²) in [5.74, 6) is 0.530. The highest BCUT2D eigenvalue weighted by molar-refractivity contribution is 7.89. The number of aliphatic hydroxyl groups is 1. The summed E-state index contributed by atoms with van der Waals surface area (Å²) in [6.45, 7) is 7.52. The van der Waals surface area contributed by atoms with E-state index in [1.165, 1.54) is 0 Å². The summed E-state index contributed by atoms with van der Waals surface area (Å²) in [5.41, 5.74) is -0.565. The van der Waals surface area contributed by atoms with Gasteiger partial charge < -0.3 is 5.11 Å². The average Bonchev–Trinajstić information content (AvgIpc) is 1.98. The van der Waals surface area contributed by atoms with Gasteiger partial charge in [-0.3, -0.25) is 0 Å². The van der Waals surface area contributed by atoms with Crippen LogP contribution in [-0.4, -0.2) is 31.4 Å². The van der Waals surface area contributed by atoms with Crippen LogP contribution in [-0.2, 0) is 10.0 Å². The van der Waals surface area contributed by atoms with Gasteiger partial charge >= 0.3 is 0 Å². The van der Waals surface area contributed by atoms with Gasteiger partial charge in [0.05, 0.1) is 5.75 Å². The molecule has 0 atom stereocenters. The Morgan fingerprint density at radius 1 is 1.33 bits per heavy atom. The molecule has 5 heteroatoms. The SMILES string of the molecule is CC(C)CCS(=O)(=O)NC(C)(C)CCO. The minimum absolute atomic E-state index is 0.0142. The number of aliphatic hydroxyl groups excluding tert-OH is 1. The summed E-state index contributed by atoms with van der Waals surface area (Å²) in [7, 11) is -3.22. The second-order valence-electron chi connectivity index (χ2n) is 4.96. The molecule has 0 aromatic carbocycles. The van der Waals surface area contributed by atoms with Crippen molar-refractivity contribution in [2.24, 2.45) is 5.92 Å². The van der Waals surface area contributed by atoms with Crippen molar-refractivity contribution in [3.63, 3.8) is 0 Å². The van der Waals surface area contributed by atoms with Gasteiger partial charge in [0.2, 0.25) is 10.0 Å². The molecule has 0 aliphatic rings. The Labute approximate surface area is 93.1 Å². The second kappa shape index (κ2) is 5.82. The van der Waals surface area contributed by atoms with E-state index in [0.29, 0.717) is 18.8 Å². The van der Waals surface area contributed by atoms with Crippen molar-refractivity contribution in [3.05, 3.63) is 0 Å². The Morgan fingerprint density at radius 3 is 2.27 bits per heavy atom. The van der Waals surface area contributed by atoms with E-state index in [4.69, 9.17) is 5.11 Å². The van der Waals surface area contributed by atoms with E-state index in [9.17, 15) is 8.42 Å². The van der Waals surface area contributed by atoms with E-state index >= 15 is 0 Å². The molecule has 4 nitrogen and oxygen atoms in total. The molecular formula is C10H23NO3S. The van der Waals surface area contributed by atoms with Crippen molar-refractivity contribution >= 4 is 10.0 Å². The van der Waals surface area contributed by atoms with Gasteiger partial charge in [-0.05, 0) is 32.6 Å². The van der Waals surface area contributed by atoms with E-state index < -0.39 is 15.6 Å². The largest absolute Gasteiger partial charge is 0.396 e. The second-order valence-corrected chi connectivity index (χ2v) is 6.80. The lowest BCUT2D eigenvalue weighted by Crippen LogP contribution is -2.45. The molecule has 0 amide bonds. The third-order valence-electron chi connectivity index (χ3n) is 2.13. The smallest absolute Gasteiger partial charge is 0.212 e. The van der Waals surface area contributed by atoms with E-state index in [-0.39, 0.29) is 12.4 Å². The minimum atomic E-state index is -3.22. The molecule has 0 fully saturated rings. The Kier molecular flexibility index (Phi) is 5.77. The Balaban J connectivity index is 4.25. The van der Waals surface area contributed by atoms with E-state index in [0.717, 1.165) is 0 Å². The minimum Gasteiger partial charge on any atom is -0.396 e. The van der Waals surface area contributed by atoms with Crippen molar-refractivity contribution in [2.45, 2.75) is 46.1 Å². The van der Waals surface area contributed by atoms with Crippen LogP contribution in [0.4, 0.5) is 0 Å². The van der Waals surface area contributed by atoms with Crippen molar-refractivity contribution in [2.75, 3.05) is 12.4 Å².